The Bertz CT molecular complexity index is 469. The molecule has 1 saturated heterocycles. The SMILES string of the molecule is O=S(=O)(c1ccccc1Br)N1CCSCC1. The van der Waals surface area contributed by atoms with Gasteiger partial charge in [-0.15, -0.1) is 0 Å². The van der Waals surface area contributed by atoms with Crippen LogP contribution in [0.3, 0.4) is 0 Å². The van der Waals surface area contributed by atoms with E-state index in [2.05, 4.69) is 15.9 Å². The van der Waals surface area contributed by atoms with Crippen LogP contribution in [-0.2, 0) is 10.0 Å². The molecular formula is C10H12BrNO2S2. The van der Waals surface area contributed by atoms with Crippen molar-refractivity contribution < 1.29 is 8.42 Å². The molecule has 3 nitrogen and oxygen atoms in total. The second kappa shape index (κ2) is 5.08. The normalized spacial score (nSPS) is 18.6. The maximum absolute atomic E-state index is 12.3. The smallest absolute Gasteiger partial charge is 0.207 e. The zero-order valence-corrected chi connectivity index (χ0v) is 11.8. The predicted molar refractivity (Wildman–Crippen MR) is 70.2 cm³/mol. The molecule has 0 spiro atoms. The molecule has 16 heavy (non-hydrogen) atoms. The van der Waals surface area contributed by atoms with Gasteiger partial charge in [0.1, 0.15) is 0 Å². The lowest BCUT2D eigenvalue weighted by atomic mass is 10.4. The third kappa shape index (κ3) is 2.45. The van der Waals surface area contributed by atoms with E-state index in [9.17, 15) is 8.42 Å². The quantitative estimate of drug-likeness (QED) is 0.838. The number of thioether (sulfide) groups is 1. The van der Waals surface area contributed by atoms with Crippen LogP contribution < -0.4 is 0 Å². The zero-order valence-electron chi connectivity index (χ0n) is 8.60. The fourth-order valence-electron chi connectivity index (χ4n) is 1.58. The van der Waals surface area contributed by atoms with Gasteiger partial charge in [0.15, 0.2) is 0 Å². The van der Waals surface area contributed by atoms with E-state index in [-0.39, 0.29) is 0 Å². The molecule has 1 aromatic rings. The van der Waals surface area contributed by atoms with Crippen molar-refractivity contribution in [1.82, 2.24) is 4.31 Å². The monoisotopic (exact) mass is 321 g/mol. The van der Waals surface area contributed by atoms with Crippen LogP contribution in [0.5, 0.6) is 0 Å². The van der Waals surface area contributed by atoms with Crippen LogP contribution in [-0.4, -0.2) is 37.3 Å². The maximum atomic E-state index is 12.3. The predicted octanol–water partition coefficient (Wildman–Crippen LogP) is 2.19. The Morgan fingerprint density at radius 2 is 1.81 bits per heavy atom. The van der Waals surface area contributed by atoms with Gasteiger partial charge in [-0.25, -0.2) is 8.42 Å². The number of hydrogen-bond donors (Lipinski definition) is 0. The standard InChI is InChI=1S/C10H12BrNO2S2/c11-9-3-1-2-4-10(9)16(13,14)12-5-7-15-8-6-12/h1-4H,5-8H2. The molecule has 1 heterocycles. The first-order valence-electron chi connectivity index (χ1n) is 4.95. The third-order valence-corrected chi connectivity index (χ3v) is 6.28. The van der Waals surface area contributed by atoms with Gasteiger partial charge in [0, 0.05) is 29.1 Å². The Labute approximate surface area is 108 Å². The molecule has 1 aliphatic heterocycles. The Hall–Kier alpha value is -0.0400. The van der Waals surface area contributed by atoms with Crippen molar-refractivity contribution in [2.75, 3.05) is 24.6 Å². The molecule has 1 fully saturated rings. The lowest BCUT2D eigenvalue weighted by molar-refractivity contribution is 0.443. The van der Waals surface area contributed by atoms with Crippen molar-refractivity contribution in [3.63, 3.8) is 0 Å². The first kappa shape index (κ1) is 12.4. The summed E-state index contributed by atoms with van der Waals surface area (Å²) < 4.78 is 26.8. The molecule has 0 unspecified atom stereocenters. The molecule has 1 aliphatic rings. The van der Waals surface area contributed by atoms with E-state index >= 15 is 0 Å². The lowest BCUT2D eigenvalue weighted by Crippen LogP contribution is -2.37. The minimum absolute atomic E-state index is 0.363. The summed E-state index contributed by atoms with van der Waals surface area (Å²) in [6.07, 6.45) is 0. The van der Waals surface area contributed by atoms with Gasteiger partial charge in [-0.1, -0.05) is 12.1 Å². The minimum atomic E-state index is -3.32. The molecule has 2 rings (SSSR count). The highest BCUT2D eigenvalue weighted by Crippen LogP contribution is 2.26. The molecule has 0 N–H and O–H groups in total. The zero-order chi connectivity index (χ0) is 11.6. The average molecular weight is 322 g/mol. The van der Waals surface area contributed by atoms with Gasteiger partial charge in [-0.3, -0.25) is 0 Å². The fourth-order valence-corrected chi connectivity index (χ4v) is 5.12. The number of halogens is 1. The van der Waals surface area contributed by atoms with E-state index < -0.39 is 10.0 Å². The average Bonchev–Trinajstić information content (AvgIpc) is 2.30. The van der Waals surface area contributed by atoms with Crippen LogP contribution in [0.2, 0.25) is 0 Å². The fraction of sp³-hybridized carbons (Fsp3) is 0.400. The van der Waals surface area contributed by atoms with Gasteiger partial charge >= 0.3 is 0 Å². The van der Waals surface area contributed by atoms with E-state index in [1.807, 2.05) is 6.07 Å². The van der Waals surface area contributed by atoms with Gasteiger partial charge in [-0.05, 0) is 28.1 Å². The summed E-state index contributed by atoms with van der Waals surface area (Å²) >= 11 is 5.08. The van der Waals surface area contributed by atoms with Crippen LogP contribution in [0.25, 0.3) is 0 Å². The van der Waals surface area contributed by atoms with Crippen molar-refractivity contribution in [2.45, 2.75) is 4.90 Å². The molecule has 1 aromatic carbocycles. The number of sulfonamides is 1. The second-order valence-corrected chi connectivity index (χ2v) is 7.43. The maximum Gasteiger partial charge on any atom is 0.244 e. The van der Waals surface area contributed by atoms with E-state index in [1.165, 1.54) is 0 Å². The molecule has 0 saturated carbocycles. The summed E-state index contributed by atoms with van der Waals surface area (Å²) in [6.45, 7) is 1.21. The van der Waals surface area contributed by atoms with Gasteiger partial charge in [0.25, 0.3) is 0 Å². The third-order valence-electron chi connectivity index (χ3n) is 2.42. The number of nitrogens with zero attached hydrogens (tertiary/aromatic N) is 1. The van der Waals surface area contributed by atoms with Crippen molar-refractivity contribution in [3.8, 4) is 0 Å². The molecule has 0 aromatic heterocycles. The topological polar surface area (TPSA) is 37.4 Å². The Balaban J connectivity index is 2.35. The Kier molecular flexibility index (Phi) is 3.94. The van der Waals surface area contributed by atoms with E-state index in [1.54, 1.807) is 34.3 Å². The lowest BCUT2D eigenvalue weighted by Gasteiger charge is -2.25. The van der Waals surface area contributed by atoms with Gasteiger partial charge in [0.2, 0.25) is 10.0 Å². The van der Waals surface area contributed by atoms with Crippen molar-refractivity contribution in [2.24, 2.45) is 0 Å². The molecule has 0 aliphatic carbocycles. The van der Waals surface area contributed by atoms with Crippen LogP contribution in [0.1, 0.15) is 0 Å². The van der Waals surface area contributed by atoms with Crippen molar-refractivity contribution >= 4 is 37.7 Å². The minimum Gasteiger partial charge on any atom is -0.207 e. The molecule has 0 radical (unpaired) electrons. The van der Waals surface area contributed by atoms with Gasteiger partial charge in [0.05, 0.1) is 4.90 Å². The first-order chi connectivity index (χ1) is 7.62. The summed E-state index contributed by atoms with van der Waals surface area (Å²) in [5.74, 6) is 1.76. The summed E-state index contributed by atoms with van der Waals surface area (Å²) in [6, 6.07) is 6.96. The molecule has 0 bridgehead atoms. The summed E-state index contributed by atoms with van der Waals surface area (Å²) in [5, 5.41) is 0. The number of benzene rings is 1. The van der Waals surface area contributed by atoms with Gasteiger partial charge in [-0.2, -0.15) is 16.1 Å². The van der Waals surface area contributed by atoms with E-state index in [0.717, 1.165) is 11.5 Å². The van der Waals surface area contributed by atoms with Crippen LogP contribution in [0, 0.1) is 0 Å². The highest BCUT2D eigenvalue weighted by molar-refractivity contribution is 9.10. The molecule has 6 heteroatoms. The number of rotatable bonds is 2. The van der Waals surface area contributed by atoms with E-state index in [4.69, 9.17) is 0 Å². The molecule has 0 atom stereocenters. The highest BCUT2D eigenvalue weighted by Gasteiger charge is 2.27. The largest absolute Gasteiger partial charge is 0.244 e. The molecular weight excluding hydrogens is 310 g/mol. The molecule has 88 valence electrons. The van der Waals surface area contributed by atoms with Crippen molar-refractivity contribution in [3.05, 3.63) is 28.7 Å². The van der Waals surface area contributed by atoms with Crippen LogP contribution >= 0.6 is 27.7 Å². The number of hydrogen-bond acceptors (Lipinski definition) is 3. The Morgan fingerprint density at radius 1 is 1.19 bits per heavy atom. The Morgan fingerprint density at radius 3 is 2.44 bits per heavy atom. The van der Waals surface area contributed by atoms with Crippen LogP contribution in [0.15, 0.2) is 33.6 Å². The van der Waals surface area contributed by atoms with Crippen molar-refractivity contribution in [1.29, 1.82) is 0 Å². The summed E-state index contributed by atoms with van der Waals surface area (Å²) in [5.41, 5.74) is 0. The van der Waals surface area contributed by atoms with Crippen LogP contribution in [0.4, 0.5) is 0 Å². The first-order valence-corrected chi connectivity index (χ1v) is 8.33. The highest BCUT2D eigenvalue weighted by atomic mass is 79.9. The van der Waals surface area contributed by atoms with E-state index in [0.29, 0.717) is 22.5 Å². The van der Waals surface area contributed by atoms with Gasteiger partial charge < -0.3 is 0 Å². The summed E-state index contributed by atoms with van der Waals surface area (Å²) in [4.78, 5) is 0.363. The summed E-state index contributed by atoms with van der Waals surface area (Å²) in [7, 11) is -3.32. The molecule has 0 amide bonds. The second-order valence-electron chi connectivity index (χ2n) is 3.45.